The molecular weight excluding hydrogens is 941 g/mol. The van der Waals surface area contributed by atoms with E-state index in [2.05, 4.69) is 0 Å². The highest BCUT2D eigenvalue weighted by atomic mass is 32.2. The maximum atomic E-state index is 15.3. The summed E-state index contributed by atoms with van der Waals surface area (Å²) in [5, 5.41) is -12.0. The second-order valence-electron chi connectivity index (χ2n) is 12.2. The number of halogens is 12. The summed E-state index contributed by atoms with van der Waals surface area (Å²) < 4.78 is 288. The van der Waals surface area contributed by atoms with Crippen LogP contribution in [0.2, 0.25) is 0 Å². The van der Waals surface area contributed by atoms with Crippen molar-refractivity contribution in [3.05, 3.63) is 124 Å². The van der Waals surface area contributed by atoms with E-state index in [4.69, 9.17) is 4.55 Å². The Kier molecular flexibility index (Phi) is 11.9. The quantitative estimate of drug-likeness (QED) is 0.0588. The highest BCUT2D eigenvalue weighted by molar-refractivity contribution is 8.02. The molecule has 0 radical (unpaired) electrons. The van der Waals surface area contributed by atoms with Crippen molar-refractivity contribution in [2.24, 2.45) is 0 Å². The van der Waals surface area contributed by atoms with Gasteiger partial charge in [-0.3, -0.25) is 4.55 Å². The van der Waals surface area contributed by atoms with Gasteiger partial charge in [-0.1, -0.05) is 17.7 Å². The Balaban J connectivity index is 1.62. The number of sulfone groups is 3. The summed E-state index contributed by atoms with van der Waals surface area (Å²) in [6.45, 7) is 1.99. The van der Waals surface area contributed by atoms with Crippen molar-refractivity contribution in [2.45, 2.75) is 58.6 Å². The minimum Gasteiger partial charge on any atom is -0.281 e. The molecule has 5 rings (SSSR count). The van der Waals surface area contributed by atoms with Crippen LogP contribution in [-0.4, -0.2) is 48.7 Å². The molecule has 0 bridgehead atoms. The number of alkyl halides is 4. The van der Waals surface area contributed by atoms with Gasteiger partial charge in [-0.2, -0.15) is 26.0 Å². The van der Waals surface area contributed by atoms with Gasteiger partial charge in [-0.05, 0) is 80.2 Å². The molecule has 0 saturated heterocycles. The van der Waals surface area contributed by atoms with Crippen molar-refractivity contribution in [1.29, 1.82) is 0 Å². The minimum atomic E-state index is -6.84. The zero-order valence-electron chi connectivity index (χ0n) is 29.1. The van der Waals surface area contributed by atoms with Crippen LogP contribution < -0.4 is 0 Å². The van der Waals surface area contributed by atoms with Gasteiger partial charge in [0.15, 0.2) is 46.5 Å². The molecule has 0 aliphatic heterocycles. The van der Waals surface area contributed by atoms with Gasteiger partial charge in [-0.15, -0.1) is 0 Å². The highest BCUT2D eigenvalue weighted by Gasteiger charge is 2.66. The number of rotatable bonds is 11. The molecule has 0 unspecified atom stereocenters. The number of aryl methyl sites for hydroxylation is 1. The summed E-state index contributed by atoms with van der Waals surface area (Å²) in [7, 11) is -23.0. The van der Waals surface area contributed by atoms with Gasteiger partial charge in [0.05, 0.1) is 35.6 Å². The molecule has 0 atom stereocenters. The molecule has 60 heavy (non-hydrogen) atoms. The smallest absolute Gasteiger partial charge is 0.281 e. The largest absolute Gasteiger partial charge is 0.442 e. The van der Waals surface area contributed by atoms with Crippen molar-refractivity contribution in [3.8, 4) is 11.1 Å². The van der Waals surface area contributed by atoms with Crippen LogP contribution >= 0.6 is 11.8 Å². The van der Waals surface area contributed by atoms with Crippen LogP contribution in [0.4, 0.5) is 52.7 Å². The van der Waals surface area contributed by atoms with E-state index in [1.165, 1.54) is 19.1 Å². The third-order valence-corrected chi connectivity index (χ3v) is 16.0. The molecule has 0 spiro atoms. The number of benzene rings is 5. The Morgan fingerprint density at radius 1 is 0.483 bits per heavy atom. The summed E-state index contributed by atoms with van der Waals surface area (Å²) >= 11 is -1.39. The van der Waals surface area contributed by atoms with E-state index in [0.717, 1.165) is 12.1 Å². The predicted octanol–water partition coefficient (Wildman–Crippen LogP) is 8.75. The van der Waals surface area contributed by atoms with E-state index in [1.54, 1.807) is 0 Å². The van der Waals surface area contributed by atoms with Gasteiger partial charge >= 0.3 is 20.6 Å². The number of hydrogen-bond donors (Lipinski definition) is 1. The molecular formula is C34H18F12O9S5. The fourth-order valence-corrected chi connectivity index (χ4v) is 11.2. The Bertz CT molecular complexity index is 3010. The third kappa shape index (κ3) is 7.54. The van der Waals surface area contributed by atoms with Crippen LogP contribution in [0, 0.1) is 60.4 Å². The zero-order chi connectivity index (χ0) is 45.5. The van der Waals surface area contributed by atoms with E-state index in [-0.39, 0.29) is 24.3 Å². The fourth-order valence-electron chi connectivity index (χ4n) is 5.22. The van der Waals surface area contributed by atoms with Gasteiger partial charge in [0, 0.05) is 10.5 Å². The molecule has 1 N–H and O–H groups in total. The second-order valence-corrected chi connectivity index (χ2v) is 20.6. The first-order valence-corrected chi connectivity index (χ1v) is 22.2. The van der Waals surface area contributed by atoms with Crippen molar-refractivity contribution >= 4 is 51.4 Å². The maximum absolute atomic E-state index is 15.3. The first-order chi connectivity index (χ1) is 27.3. The van der Waals surface area contributed by atoms with Gasteiger partial charge in [-0.25, -0.2) is 60.4 Å². The average Bonchev–Trinajstić information content (AvgIpc) is 3.16. The molecule has 5 aromatic carbocycles. The van der Waals surface area contributed by atoms with E-state index in [9.17, 15) is 68.8 Å². The Morgan fingerprint density at radius 3 is 1.28 bits per heavy atom. The normalized spacial score (nSPS) is 13.2. The van der Waals surface area contributed by atoms with E-state index >= 15 is 17.6 Å². The predicted molar refractivity (Wildman–Crippen MR) is 184 cm³/mol. The first-order valence-electron chi connectivity index (χ1n) is 15.5. The van der Waals surface area contributed by atoms with Crippen LogP contribution in [-0.2, 0) is 39.6 Å². The summed E-state index contributed by atoms with van der Waals surface area (Å²) in [5.41, 5.74) is -5.56. The lowest BCUT2D eigenvalue weighted by atomic mass is 9.99. The molecule has 322 valence electrons. The summed E-state index contributed by atoms with van der Waals surface area (Å²) in [4.78, 5) is -9.50. The van der Waals surface area contributed by atoms with Crippen molar-refractivity contribution in [1.82, 2.24) is 0 Å². The van der Waals surface area contributed by atoms with Crippen molar-refractivity contribution in [3.63, 3.8) is 0 Å². The van der Waals surface area contributed by atoms with Crippen molar-refractivity contribution in [2.75, 3.05) is 0 Å². The summed E-state index contributed by atoms with van der Waals surface area (Å²) in [6.07, 6.45) is 0. The number of thioether (sulfide) groups is 1. The SMILES string of the molecule is Cc1ccc(S(=O)(=O)c2cc(S(=O)(=O)c3ccc(S(=O)(=O)c4c(F)c(F)c(-c5c(F)c(F)c(C)c(F)c5F)c(F)c4F)cc3)ccc2SC(F)(F)C(F)(F)S(=O)(=O)O)cc1. The average molecular weight is 959 g/mol. The van der Waals surface area contributed by atoms with Gasteiger partial charge in [0.25, 0.3) is 0 Å². The molecule has 5 aromatic rings. The maximum Gasteiger partial charge on any atom is 0.442 e. The number of hydrogen-bond acceptors (Lipinski definition) is 9. The molecule has 0 heterocycles. The van der Waals surface area contributed by atoms with Gasteiger partial charge in [0.1, 0.15) is 4.90 Å². The minimum absolute atomic E-state index is 0.175. The Hall–Kier alpha value is -4.63. The van der Waals surface area contributed by atoms with Crippen LogP contribution in [0.15, 0.2) is 101 Å². The first kappa shape index (κ1) is 46.4. The van der Waals surface area contributed by atoms with Gasteiger partial charge < -0.3 is 0 Å². The van der Waals surface area contributed by atoms with Crippen LogP contribution in [0.1, 0.15) is 11.1 Å². The lowest BCUT2D eigenvalue weighted by Crippen LogP contribution is -2.44. The lowest BCUT2D eigenvalue weighted by molar-refractivity contribution is -0.0947. The monoisotopic (exact) mass is 958 g/mol. The molecule has 0 aromatic heterocycles. The second kappa shape index (κ2) is 15.4. The summed E-state index contributed by atoms with van der Waals surface area (Å²) in [6, 6.07) is 6.24. The lowest BCUT2D eigenvalue weighted by Gasteiger charge is -2.24. The summed E-state index contributed by atoms with van der Waals surface area (Å²) in [5.74, 6) is -20.9. The molecule has 0 aliphatic rings. The van der Waals surface area contributed by atoms with Gasteiger partial charge in [0.2, 0.25) is 29.5 Å². The zero-order valence-corrected chi connectivity index (χ0v) is 33.2. The molecule has 0 amide bonds. The van der Waals surface area contributed by atoms with E-state index in [0.29, 0.717) is 30.7 Å². The molecule has 9 nitrogen and oxygen atoms in total. The Morgan fingerprint density at radius 2 is 0.850 bits per heavy atom. The van der Waals surface area contributed by atoms with Crippen LogP contribution in [0.3, 0.4) is 0 Å². The van der Waals surface area contributed by atoms with Crippen LogP contribution in [0.5, 0.6) is 0 Å². The molecule has 26 heteroatoms. The fraction of sp³-hybridized carbons (Fsp3) is 0.118. The van der Waals surface area contributed by atoms with E-state index < -0.39 is 159 Å². The topological polar surface area (TPSA) is 157 Å². The van der Waals surface area contributed by atoms with Crippen molar-refractivity contribution < 1.29 is 90.9 Å². The van der Waals surface area contributed by atoms with Crippen LogP contribution in [0.25, 0.3) is 11.1 Å². The third-order valence-electron chi connectivity index (χ3n) is 8.42. The highest BCUT2D eigenvalue weighted by Crippen LogP contribution is 2.51. The molecule has 0 fully saturated rings. The van der Waals surface area contributed by atoms with E-state index in [1.807, 2.05) is 0 Å². The molecule has 0 saturated carbocycles. The molecule has 0 aliphatic carbocycles. The Labute approximate surface area is 335 Å². The standard InChI is InChI=1S/C34H18F12O9S5/c1-14-3-5-17(6-4-14)58(49,50)21-13-19(11-12-20(21)56-33(43,44)34(45,46)60(53,54)55)57(47,48)16-7-9-18(10-8-16)59(51,52)32-30(41)28(39)23(29(40)31(32)42)22-26(37)24(35)15(2)25(36)27(22)38/h3-13H,1-2H3,(H,53,54,55).